The Kier molecular flexibility index (Phi) is 5.95. The summed E-state index contributed by atoms with van der Waals surface area (Å²) in [6, 6.07) is 7.52. The fourth-order valence-corrected chi connectivity index (χ4v) is 2.57. The second kappa shape index (κ2) is 7.95. The molecule has 0 aliphatic heterocycles. The van der Waals surface area contributed by atoms with Gasteiger partial charge in [-0.05, 0) is 31.9 Å². The molecule has 0 aliphatic carbocycles. The highest BCUT2D eigenvalue weighted by Crippen LogP contribution is 2.23. The number of hydrogen-bond donors (Lipinski definition) is 0. The number of benzene rings is 1. The SMILES string of the molecule is CCN(CC)C(=O)c1nc(CC(C)C)nn1-c1ccccc1OC. The predicted octanol–water partition coefficient (Wildman–Crippen LogP) is 2.96. The summed E-state index contributed by atoms with van der Waals surface area (Å²) in [5, 5.41) is 4.58. The van der Waals surface area contributed by atoms with Gasteiger partial charge in [-0.3, -0.25) is 4.79 Å². The van der Waals surface area contributed by atoms with E-state index >= 15 is 0 Å². The van der Waals surface area contributed by atoms with Crippen molar-refractivity contribution in [2.75, 3.05) is 20.2 Å². The van der Waals surface area contributed by atoms with Crippen LogP contribution in [-0.2, 0) is 6.42 Å². The van der Waals surface area contributed by atoms with Crippen LogP contribution in [0.3, 0.4) is 0 Å². The number of rotatable bonds is 7. The van der Waals surface area contributed by atoms with Gasteiger partial charge in [0.1, 0.15) is 11.4 Å². The zero-order valence-electron chi connectivity index (χ0n) is 15.1. The number of carbonyl (C=O) groups is 1. The number of para-hydroxylation sites is 2. The quantitative estimate of drug-likeness (QED) is 0.783. The van der Waals surface area contributed by atoms with Crippen LogP contribution >= 0.6 is 0 Å². The summed E-state index contributed by atoms with van der Waals surface area (Å²) in [4.78, 5) is 19.1. The monoisotopic (exact) mass is 330 g/mol. The smallest absolute Gasteiger partial charge is 0.291 e. The number of hydrogen-bond acceptors (Lipinski definition) is 4. The van der Waals surface area contributed by atoms with E-state index in [1.165, 1.54) is 0 Å². The lowest BCUT2D eigenvalue weighted by Crippen LogP contribution is -2.32. The van der Waals surface area contributed by atoms with Crippen molar-refractivity contribution in [2.45, 2.75) is 34.1 Å². The Hall–Kier alpha value is -2.37. The van der Waals surface area contributed by atoms with E-state index in [1.807, 2.05) is 38.1 Å². The molecule has 0 radical (unpaired) electrons. The van der Waals surface area contributed by atoms with E-state index in [9.17, 15) is 4.79 Å². The maximum absolute atomic E-state index is 12.9. The Labute approximate surface area is 143 Å². The first kappa shape index (κ1) is 18.0. The van der Waals surface area contributed by atoms with Crippen LogP contribution in [0.5, 0.6) is 5.75 Å². The van der Waals surface area contributed by atoms with Crippen LogP contribution in [0.2, 0.25) is 0 Å². The standard InChI is InChI=1S/C18H26N4O2/c1-6-21(7-2)18(23)17-19-16(12-13(3)4)20-22(17)14-10-8-9-11-15(14)24-5/h8-11,13H,6-7,12H2,1-5H3. The Balaban J connectivity index is 2.56. The highest BCUT2D eigenvalue weighted by molar-refractivity contribution is 5.91. The minimum absolute atomic E-state index is 0.117. The van der Waals surface area contributed by atoms with Gasteiger partial charge in [-0.15, -0.1) is 0 Å². The van der Waals surface area contributed by atoms with E-state index in [1.54, 1.807) is 16.7 Å². The Morgan fingerprint density at radius 1 is 1.25 bits per heavy atom. The van der Waals surface area contributed by atoms with Crippen LogP contribution in [0.15, 0.2) is 24.3 Å². The predicted molar refractivity (Wildman–Crippen MR) is 93.7 cm³/mol. The highest BCUT2D eigenvalue weighted by atomic mass is 16.5. The van der Waals surface area contributed by atoms with Crippen molar-refractivity contribution >= 4 is 5.91 Å². The van der Waals surface area contributed by atoms with Gasteiger partial charge < -0.3 is 9.64 Å². The van der Waals surface area contributed by atoms with E-state index in [4.69, 9.17) is 4.74 Å². The normalized spacial score (nSPS) is 10.9. The molecule has 24 heavy (non-hydrogen) atoms. The van der Waals surface area contributed by atoms with Gasteiger partial charge >= 0.3 is 0 Å². The van der Waals surface area contributed by atoms with E-state index in [0.717, 1.165) is 12.1 Å². The number of amides is 1. The molecule has 1 heterocycles. The number of carbonyl (C=O) groups excluding carboxylic acids is 1. The Morgan fingerprint density at radius 3 is 2.50 bits per heavy atom. The minimum Gasteiger partial charge on any atom is -0.494 e. The van der Waals surface area contributed by atoms with E-state index in [2.05, 4.69) is 23.9 Å². The summed E-state index contributed by atoms with van der Waals surface area (Å²) < 4.78 is 7.03. The number of nitrogens with zero attached hydrogens (tertiary/aromatic N) is 4. The van der Waals surface area contributed by atoms with Gasteiger partial charge in [0, 0.05) is 19.5 Å². The van der Waals surface area contributed by atoms with Crippen molar-refractivity contribution in [3.63, 3.8) is 0 Å². The lowest BCUT2D eigenvalue weighted by molar-refractivity contribution is 0.0757. The van der Waals surface area contributed by atoms with Crippen LogP contribution in [0.4, 0.5) is 0 Å². The van der Waals surface area contributed by atoms with Crippen molar-refractivity contribution in [3.05, 3.63) is 35.9 Å². The minimum atomic E-state index is -0.117. The van der Waals surface area contributed by atoms with Crippen molar-refractivity contribution in [1.82, 2.24) is 19.7 Å². The lowest BCUT2D eigenvalue weighted by atomic mass is 10.1. The van der Waals surface area contributed by atoms with Gasteiger partial charge in [-0.25, -0.2) is 9.67 Å². The Morgan fingerprint density at radius 2 is 1.92 bits per heavy atom. The lowest BCUT2D eigenvalue weighted by Gasteiger charge is -2.18. The van der Waals surface area contributed by atoms with Gasteiger partial charge in [-0.1, -0.05) is 26.0 Å². The summed E-state index contributed by atoms with van der Waals surface area (Å²) in [5.74, 6) is 1.96. The molecular formula is C18H26N4O2. The summed E-state index contributed by atoms with van der Waals surface area (Å²) in [6.07, 6.45) is 0.723. The molecule has 1 aromatic carbocycles. The second-order valence-corrected chi connectivity index (χ2v) is 6.01. The molecule has 2 rings (SSSR count). The average molecular weight is 330 g/mol. The summed E-state index contributed by atoms with van der Waals surface area (Å²) in [6.45, 7) is 9.40. The summed E-state index contributed by atoms with van der Waals surface area (Å²) in [5.41, 5.74) is 0.720. The van der Waals surface area contributed by atoms with Crippen LogP contribution in [-0.4, -0.2) is 45.8 Å². The van der Waals surface area contributed by atoms with Gasteiger partial charge in [0.25, 0.3) is 5.91 Å². The molecule has 0 bridgehead atoms. The van der Waals surface area contributed by atoms with Crippen LogP contribution in [0.25, 0.3) is 5.69 Å². The molecular weight excluding hydrogens is 304 g/mol. The van der Waals surface area contributed by atoms with Crippen LogP contribution in [0.1, 0.15) is 44.1 Å². The molecule has 0 fully saturated rings. The van der Waals surface area contributed by atoms with E-state index in [0.29, 0.717) is 36.4 Å². The summed E-state index contributed by atoms with van der Waals surface area (Å²) in [7, 11) is 1.61. The van der Waals surface area contributed by atoms with Gasteiger partial charge in [0.05, 0.1) is 7.11 Å². The second-order valence-electron chi connectivity index (χ2n) is 6.01. The topological polar surface area (TPSA) is 60.2 Å². The van der Waals surface area contributed by atoms with Crippen LogP contribution < -0.4 is 4.74 Å². The first-order valence-corrected chi connectivity index (χ1v) is 8.40. The van der Waals surface area contributed by atoms with Crippen molar-refractivity contribution in [3.8, 4) is 11.4 Å². The molecule has 2 aromatic rings. The van der Waals surface area contributed by atoms with E-state index in [-0.39, 0.29) is 5.91 Å². The van der Waals surface area contributed by atoms with E-state index < -0.39 is 0 Å². The molecule has 0 unspecified atom stereocenters. The highest BCUT2D eigenvalue weighted by Gasteiger charge is 2.24. The van der Waals surface area contributed by atoms with Crippen molar-refractivity contribution in [2.24, 2.45) is 5.92 Å². The molecule has 0 atom stereocenters. The summed E-state index contributed by atoms with van der Waals surface area (Å²) >= 11 is 0. The molecule has 0 saturated heterocycles. The number of ether oxygens (including phenoxy) is 1. The third kappa shape index (κ3) is 3.75. The first-order valence-electron chi connectivity index (χ1n) is 8.40. The Bertz CT molecular complexity index is 690. The maximum atomic E-state index is 12.9. The van der Waals surface area contributed by atoms with Gasteiger partial charge in [0.2, 0.25) is 5.82 Å². The molecule has 0 spiro atoms. The van der Waals surface area contributed by atoms with Crippen molar-refractivity contribution in [1.29, 1.82) is 0 Å². The molecule has 1 amide bonds. The van der Waals surface area contributed by atoms with Crippen molar-refractivity contribution < 1.29 is 9.53 Å². The average Bonchev–Trinajstić information content (AvgIpc) is 2.98. The fourth-order valence-electron chi connectivity index (χ4n) is 2.57. The first-order chi connectivity index (χ1) is 11.5. The molecule has 6 nitrogen and oxygen atoms in total. The molecule has 0 aliphatic rings. The third-order valence-electron chi connectivity index (χ3n) is 3.80. The van der Waals surface area contributed by atoms with Gasteiger partial charge in [-0.2, -0.15) is 5.10 Å². The van der Waals surface area contributed by atoms with Gasteiger partial charge in [0.15, 0.2) is 5.82 Å². The third-order valence-corrected chi connectivity index (χ3v) is 3.80. The fraction of sp³-hybridized carbons (Fsp3) is 0.500. The maximum Gasteiger partial charge on any atom is 0.291 e. The zero-order chi connectivity index (χ0) is 17.7. The molecule has 0 saturated carbocycles. The number of aromatic nitrogens is 3. The zero-order valence-corrected chi connectivity index (χ0v) is 15.1. The largest absolute Gasteiger partial charge is 0.494 e. The molecule has 130 valence electrons. The molecule has 6 heteroatoms. The van der Waals surface area contributed by atoms with Crippen LogP contribution in [0, 0.1) is 5.92 Å². The molecule has 1 aromatic heterocycles. The molecule has 0 N–H and O–H groups in total. The number of methoxy groups -OCH3 is 1.